The van der Waals surface area contributed by atoms with E-state index in [-0.39, 0.29) is 37.3 Å². The third kappa shape index (κ3) is 15.1. The lowest BCUT2D eigenvalue weighted by Gasteiger charge is -2.27. The number of nitrogens with zero attached hydrogens (tertiary/aromatic N) is 1. The molecule has 0 bridgehead atoms. The topological polar surface area (TPSA) is 344 Å². The normalized spacial score (nSPS) is 16.9. The SMILES string of the molecule is CC(O)C(NC(=O)C(N)CCC(=O)O)C(=O)NC(CCC(=O)O)C(=O)NC(Cc1ccc(O)cc1)C(=O)NCC(=O)N1CCCC1C(=O)NC(CS)C(=O)O. The number of benzene rings is 1. The first-order valence-electron chi connectivity index (χ1n) is 17.1. The van der Waals surface area contributed by atoms with Crippen molar-refractivity contribution in [2.45, 2.75) is 94.2 Å². The molecule has 0 spiro atoms. The minimum Gasteiger partial charge on any atom is -0.508 e. The smallest absolute Gasteiger partial charge is 0.327 e. The van der Waals surface area contributed by atoms with Gasteiger partial charge >= 0.3 is 17.9 Å². The summed E-state index contributed by atoms with van der Waals surface area (Å²) in [6.45, 7) is 0.611. The fourth-order valence-corrected chi connectivity index (χ4v) is 5.65. The van der Waals surface area contributed by atoms with Crippen LogP contribution in [-0.2, 0) is 49.6 Å². The Bertz CT molecular complexity index is 1580. The molecule has 22 heteroatoms. The summed E-state index contributed by atoms with van der Waals surface area (Å²) in [5.74, 6) is -9.73. The molecular formula is C33H47N7O14S. The monoisotopic (exact) mass is 797 g/mol. The van der Waals surface area contributed by atoms with Crippen LogP contribution in [0.25, 0.3) is 0 Å². The molecule has 12 N–H and O–H groups in total. The first kappa shape index (κ1) is 45.7. The number of hydrogen-bond acceptors (Lipinski definition) is 13. The van der Waals surface area contributed by atoms with Gasteiger partial charge in [0.05, 0.1) is 18.7 Å². The molecule has 0 aliphatic carbocycles. The number of amides is 6. The maximum absolute atomic E-state index is 13.6. The van der Waals surface area contributed by atoms with Gasteiger partial charge in [-0.25, -0.2) is 4.79 Å². The summed E-state index contributed by atoms with van der Waals surface area (Å²) in [7, 11) is 0. The number of carbonyl (C=O) groups excluding carboxylic acids is 6. The van der Waals surface area contributed by atoms with E-state index in [0.717, 1.165) is 6.92 Å². The minimum absolute atomic E-state index is 0.105. The van der Waals surface area contributed by atoms with E-state index in [1.807, 2.05) is 0 Å². The van der Waals surface area contributed by atoms with Gasteiger partial charge in [-0.2, -0.15) is 12.6 Å². The van der Waals surface area contributed by atoms with Gasteiger partial charge in [0.1, 0.15) is 36.0 Å². The van der Waals surface area contributed by atoms with Gasteiger partial charge in [0.2, 0.25) is 35.4 Å². The number of carboxylic acid groups (broad SMARTS) is 3. The lowest BCUT2D eigenvalue weighted by molar-refractivity contribution is -0.143. The number of nitrogens with two attached hydrogens (primary N) is 1. The van der Waals surface area contributed by atoms with Crippen LogP contribution in [0.5, 0.6) is 5.75 Å². The van der Waals surface area contributed by atoms with Crippen molar-refractivity contribution in [3.63, 3.8) is 0 Å². The van der Waals surface area contributed by atoms with Gasteiger partial charge in [0.15, 0.2) is 0 Å². The lowest BCUT2D eigenvalue weighted by atomic mass is 10.0. The van der Waals surface area contributed by atoms with Gasteiger partial charge < -0.3 is 62.8 Å². The summed E-state index contributed by atoms with van der Waals surface area (Å²) in [5, 5.41) is 58.9. The Kier molecular flexibility index (Phi) is 18.3. The summed E-state index contributed by atoms with van der Waals surface area (Å²) in [6, 6.07) is -3.05. The molecule has 0 radical (unpaired) electrons. The predicted molar refractivity (Wildman–Crippen MR) is 192 cm³/mol. The molecule has 0 saturated carbocycles. The maximum atomic E-state index is 13.6. The number of rotatable bonds is 22. The van der Waals surface area contributed by atoms with Crippen molar-refractivity contribution < 1.29 is 68.7 Å². The van der Waals surface area contributed by atoms with E-state index in [1.54, 1.807) is 0 Å². The van der Waals surface area contributed by atoms with Crippen molar-refractivity contribution in [3.05, 3.63) is 29.8 Å². The van der Waals surface area contributed by atoms with Gasteiger partial charge in [-0.3, -0.25) is 38.4 Å². The number of hydrogen-bond donors (Lipinski definition) is 12. The largest absolute Gasteiger partial charge is 0.508 e. The van der Waals surface area contributed by atoms with Crippen LogP contribution in [-0.4, -0.2) is 145 Å². The molecule has 0 aromatic heterocycles. The van der Waals surface area contributed by atoms with Crippen LogP contribution < -0.4 is 32.3 Å². The van der Waals surface area contributed by atoms with Crippen molar-refractivity contribution in [2.75, 3.05) is 18.8 Å². The molecule has 7 unspecified atom stereocenters. The highest BCUT2D eigenvalue weighted by Crippen LogP contribution is 2.18. The summed E-state index contributed by atoms with van der Waals surface area (Å²) in [5.41, 5.74) is 6.11. The molecule has 7 atom stereocenters. The second-order valence-electron chi connectivity index (χ2n) is 12.7. The Morgan fingerprint density at radius 1 is 0.818 bits per heavy atom. The summed E-state index contributed by atoms with van der Waals surface area (Å²) in [4.78, 5) is 114. The molecule has 1 aromatic rings. The second kappa shape index (κ2) is 22.0. The Morgan fingerprint density at radius 3 is 1.98 bits per heavy atom. The van der Waals surface area contributed by atoms with E-state index in [9.17, 15) is 63.6 Å². The molecule has 1 heterocycles. The molecular weight excluding hydrogens is 750 g/mol. The van der Waals surface area contributed by atoms with E-state index in [2.05, 4.69) is 39.2 Å². The highest BCUT2D eigenvalue weighted by molar-refractivity contribution is 7.80. The summed E-state index contributed by atoms with van der Waals surface area (Å²) < 4.78 is 0. The van der Waals surface area contributed by atoms with Crippen molar-refractivity contribution >= 4 is 66.0 Å². The number of aliphatic hydroxyl groups is 1. The molecule has 1 saturated heterocycles. The van der Waals surface area contributed by atoms with E-state index in [4.69, 9.17) is 10.8 Å². The first-order chi connectivity index (χ1) is 25.8. The Morgan fingerprint density at radius 2 is 1.42 bits per heavy atom. The molecule has 1 aromatic carbocycles. The Labute approximate surface area is 320 Å². The molecule has 1 aliphatic rings. The highest BCUT2D eigenvalue weighted by Gasteiger charge is 2.37. The van der Waals surface area contributed by atoms with Crippen molar-refractivity contribution in [1.29, 1.82) is 0 Å². The fraction of sp³-hybridized carbons (Fsp3) is 0.545. The van der Waals surface area contributed by atoms with Gasteiger partial charge in [-0.1, -0.05) is 12.1 Å². The molecule has 1 aliphatic heterocycles. The summed E-state index contributed by atoms with van der Waals surface area (Å²) >= 11 is 3.91. The third-order valence-corrected chi connectivity index (χ3v) is 8.81. The van der Waals surface area contributed by atoms with Crippen molar-refractivity contribution in [1.82, 2.24) is 31.5 Å². The molecule has 6 amide bonds. The number of phenols is 1. The van der Waals surface area contributed by atoms with E-state index < -0.39 is 122 Å². The average Bonchev–Trinajstić information content (AvgIpc) is 3.62. The number of carbonyl (C=O) groups is 9. The van der Waals surface area contributed by atoms with Gasteiger partial charge in [-0.15, -0.1) is 0 Å². The third-order valence-electron chi connectivity index (χ3n) is 8.44. The second-order valence-corrected chi connectivity index (χ2v) is 13.1. The zero-order valence-corrected chi connectivity index (χ0v) is 30.7. The van der Waals surface area contributed by atoms with Crippen LogP contribution >= 0.6 is 12.6 Å². The Hall–Kier alpha value is -5.48. The van der Waals surface area contributed by atoms with E-state index in [0.29, 0.717) is 12.0 Å². The van der Waals surface area contributed by atoms with Crippen LogP contribution in [0.4, 0.5) is 0 Å². The number of aliphatic hydroxyl groups excluding tert-OH is 1. The quantitative estimate of drug-likeness (QED) is 0.0505. The number of carboxylic acids is 3. The standard InChI is InChI=1S/C33H47N7O14S/c1-16(41)27(39-28(48)19(34)8-10-25(44)45)32(52)36-20(9-11-26(46)47)30(50)37-21(13-17-4-6-18(42)7-5-17)29(49)35-14-24(43)40-12-2-3-23(40)31(51)38-22(15-55)33(53)54/h4-7,16,19-23,27,41-42,55H,2-3,8-15,34H2,1H3,(H,35,49)(H,36,52)(H,37,50)(H,38,51)(H,39,48)(H,44,45)(H,46,47)(H,53,54). The van der Waals surface area contributed by atoms with Gasteiger partial charge in [0, 0.05) is 31.6 Å². The highest BCUT2D eigenvalue weighted by atomic mass is 32.1. The number of likely N-dealkylation sites (tertiary alicyclic amines) is 1. The summed E-state index contributed by atoms with van der Waals surface area (Å²) in [6.07, 6.45) is -3.11. The number of thiol groups is 1. The number of aromatic hydroxyl groups is 1. The van der Waals surface area contributed by atoms with Crippen LogP contribution in [0.2, 0.25) is 0 Å². The van der Waals surface area contributed by atoms with Crippen molar-refractivity contribution in [2.24, 2.45) is 5.73 Å². The fourth-order valence-electron chi connectivity index (χ4n) is 5.40. The molecule has 2 rings (SSSR count). The minimum atomic E-state index is -1.73. The lowest BCUT2D eigenvalue weighted by Crippen LogP contribution is -2.60. The van der Waals surface area contributed by atoms with E-state index in [1.165, 1.54) is 29.2 Å². The predicted octanol–water partition coefficient (Wildman–Crippen LogP) is -3.57. The maximum Gasteiger partial charge on any atom is 0.327 e. The van der Waals surface area contributed by atoms with Crippen LogP contribution in [0.3, 0.4) is 0 Å². The molecule has 1 fully saturated rings. The van der Waals surface area contributed by atoms with Gasteiger partial charge in [0.25, 0.3) is 0 Å². The van der Waals surface area contributed by atoms with Crippen LogP contribution in [0.1, 0.15) is 51.0 Å². The van der Waals surface area contributed by atoms with Crippen LogP contribution in [0, 0.1) is 0 Å². The zero-order valence-electron chi connectivity index (χ0n) is 29.8. The average molecular weight is 798 g/mol. The van der Waals surface area contributed by atoms with Crippen LogP contribution in [0.15, 0.2) is 24.3 Å². The number of nitrogens with one attached hydrogen (secondary N) is 5. The molecule has 304 valence electrons. The molecule has 21 nitrogen and oxygen atoms in total. The van der Waals surface area contributed by atoms with Gasteiger partial charge in [-0.05, 0) is 50.3 Å². The molecule has 55 heavy (non-hydrogen) atoms. The zero-order chi connectivity index (χ0) is 41.4. The number of aliphatic carboxylic acids is 3. The first-order valence-corrected chi connectivity index (χ1v) is 17.7. The van der Waals surface area contributed by atoms with Crippen molar-refractivity contribution in [3.8, 4) is 5.75 Å². The van der Waals surface area contributed by atoms with E-state index >= 15 is 0 Å². The number of phenolic OH excluding ortho intramolecular Hbond substituents is 1. The Balaban J connectivity index is 2.26.